The van der Waals surface area contributed by atoms with E-state index in [1.165, 1.54) is 12.1 Å². The molecule has 136 valence electrons. The van der Waals surface area contributed by atoms with Gasteiger partial charge in [-0.1, -0.05) is 42.0 Å². The van der Waals surface area contributed by atoms with Gasteiger partial charge in [0.2, 0.25) is 5.91 Å². The molecule has 2 aromatic rings. The van der Waals surface area contributed by atoms with Crippen molar-refractivity contribution in [2.75, 3.05) is 13.1 Å². The van der Waals surface area contributed by atoms with Crippen molar-refractivity contribution in [2.24, 2.45) is 0 Å². The summed E-state index contributed by atoms with van der Waals surface area (Å²) in [5.41, 5.74) is 1.85. The fourth-order valence-electron chi connectivity index (χ4n) is 2.34. The molecule has 26 heavy (non-hydrogen) atoms. The molecule has 0 radical (unpaired) electrons. The van der Waals surface area contributed by atoms with Crippen LogP contribution in [0.1, 0.15) is 39.1 Å². The van der Waals surface area contributed by atoms with E-state index in [2.05, 4.69) is 10.6 Å². The molecular formula is C20H22N2O4. The minimum Gasteiger partial charge on any atom is -0.507 e. The van der Waals surface area contributed by atoms with Crippen molar-refractivity contribution in [3.8, 4) is 5.75 Å². The molecule has 0 saturated heterocycles. The van der Waals surface area contributed by atoms with Gasteiger partial charge in [-0.05, 0) is 19.1 Å². The number of hydrogen-bond donors (Lipinski definition) is 3. The molecule has 0 fully saturated rings. The van der Waals surface area contributed by atoms with Crippen molar-refractivity contribution >= 4 is 17.6 Å². The molecule has 0 saturated carbocycles. The van der Waals surface area contributed by atoms with Gasteiger partial charge >= 0.3 is 0 Å². The average molecular weight is 354 g/mol. The Labute approximate surface area is 152 Å². The molecular weight excluding hydrogens is 332 g/mol. The Balaban J connectivity index is 1.66. The van der Waals surface area contributed by atoms with Crippen LogP contribution in [0.5, 0.6) is 5.75 Å². The summed E-state index contributed by atoms with van der Waals surface area (Å²) in [6.45, 7) is 2.42. The lowest BCUT2D eigenvalue weighted by molar-refractivity contribution is -0.121. The third kappa shape index (κ3) is 5.73. The van der Waals surface area contributed by atoms with Gasteiger partial charge in [0.1, 0.15) is 5.75 Å². The number of carbonyl (C=O) groups excluding carboxylic acids is 3. The molecule has 6 nitrogen and oxygen atoms in total. The number of ketones is 1. The van der Waals surface area contributed by atoms with Gasteiger partial charge in [0.15, 0.2) is 5.78 Å². The van der Waals surface area contributed by atoms with Gasteiger partial charge in [0.25, 0.3) is 5.91 Å². The Morgan fingerprint density at radius 3 is 2.23 bits per heavy atom. The zero-order valence-electron chi connectivity index (χ0n) is 14.6. The number of Topliss-reactive ketones (excluding diaryl/α,β-unsaturated/α-hetero) is 1. The smallest absolute Gasteiger partial charge is 0.255 e. The number of phenolic OH excluding ortho intramolecular Hbond substituents is 1. The summed E-state index contributed by atoms with van der Waals surface area (Å²) in [6.07, 6.45) is 0.235. The quantitative estimate of drug-likeness (QED) is 0.500. The summed E-state index contributed by atoms with van der Waals surface area (Å²) >= 11 is 0. The lowest BCUT2D eigenvalue weighted by Gasteiger charge is -2.08. The van der Waals surface area contributed by atoms with Gasteiger partial charge < -0.3 is 15.7 Å². The molecule has 0 aliphatic rings. The van der Waals surface area contributed by atoms with Gasteiger partial charge in [-0.3, -0.25) is 14.4 Å². The fourth-order valence-corrected chi connectivity index (χ4v) is 2.34. The number of nitrogens with one attached hydrogen (secondary N) is 2. The van der Waals surface area contributed by atoms with Crippen molar-refractivity contribution in [1.29, 1.82) is 0 Å². The summed E-state index contributed by atoms with van der Waals surface area (Å²) in [5, 5.41) is 14.9. The van der Waals surface area contributed by atoms with Crippen LogP contribution in [0.2, 0.25) is 0 Å². The van der Waals surface area contributed by atoms with Gasteiger partial charge in [0, 0.05) is 31.5 Å². The van der Waals surface area contributed by atoms with Gasteiger partial charge in [-0.15, -0.1) is 0 Å². The summed E-state index contributed by atoms with van der Waals surface area (Å²) in [7, 11) is 0. The van der Waals surface area contributed by atoms with E-state index in [-0.39, 0.29) is 48.9 Å². The molecule has 0 unspecified atom stereocenters. The van der Waals surface area contributed by atoms with E-state index >= 15 is 0 Å². The molecule has 0 bridgehead atoms. The van der Waals surface area contributed by atoms with E-state index < -0.39 is 5.91 Å². The number of aryl methyl sites for hydroxylation is 1. The zero-order valence-corrected chi connectivity index (χ0v) is 14.6. The van der Waals surface area contributed by atoms with Crippen LogP contribution in [-0.2, 0) is 4.79 Å². The Hall–Kier alpha value is -3.15. The Morgan fingerprint density at radius 2 is 1.54 bits per heavy atom. The zero-order chi connectivity index (χ0) is 18.9. The maximum absolute atomic E-state index is 12.0. The Morgan fingerprint density at radius 1 is 0.885 bits per heavy atom. The first-order valence-electron chi connectivity index (χ1n) is 8.40. The lowest BCUT2D eigenvalue weighted by atomic mass is 10.1. The van der Waals surface area contributed by atoms with Crippen LogP contribution in [0.3, 0.4) is 0 Å². The number of carbonyl (C=O) groups is 3. The maximum Gasteiger partial charge on any atom is 0.255 e. The molecule has 3 N–H and O–H groups in total. The molecule has 0 aliphatic heterocycles. The van der Waals surface area contributed by atoms with Crippen LogP contribution in [0, 0.1) is 6.92 Å². The standard InChI is InChI=1S/C20H22N2O4/c1-14-6-8-15(9-7-14)17(23)10-11-19(25)21-12-13-22-20(26)16-4-2-3-5-18(16)24/h2-9,24H,10-13H2,1H3,(H,21,25)(H,22,26). The van der Waals surface area contributed by atoms with E-state index in [0.29, 0.717) is 5.56 Å². The SMILES string of the molecule is Cc1ccc(C(=O)CCC(=O)NCCNC(=O)c2ccccc2O)cc1. The minimum absolute atomic E-state index is 0.0759. The second-order valence-electron chi connectivity index (χ2n) is 5.91. The summed E-state index contributed by atoms with van der Waals surface area (Å²) < 4.78 is 0. The van der Waals surface area contributed by atoms with Crippen LogP contribution in [-0.4, -0.2) is 35.8 Å². The van der Waals surface area contributed by atoms with Gasteiger partial charge in [0.05, 0.1) is 5.56 Å². The number of phenols is 1. The van der Waals surface area contributed by atoms with Crippen molar-refractivity contribution in [1.82, 2.24) is 10.6 Å². The first-order valence-corrected chi connectivity index (χ1v) is 8.40. The molecule has 0 spiro atoms. The van der Waals surface area contributed by atoms with E-state index in [4.69, 9.17) is 0 Å². The van der Waals surface area contributed by atoms with E-state index in [1.807, 2.05) is 19.1 Å². The van der Waals surface area contributed by atoms with Crippen LogP contribution in [0.15, 0.2) is 48.5 Å². The van der Waals surface area contributed by atoms with Crippen LogP contribution in [0.4, 0.5) is 0 Å². The second-order valence-corrected chi connectivity index (χ2v) is 5.91. The molecule has 0 atom stereocenters. The number of hydrogen-bond acceptors (Lipinski definition) is 4. The van der Waals surface area contributed by atoms with Crippen LogP contribution in [0.25, 0.3) is 0 Å². The number of para-hydroxylation sites is 1. The largest absolute Gasteiger partial charge is 0.507 e. The molecule has 0 aromatic heterocycles. The number of benzene rings is 2. The van der Waals surface area contributed by atoms with Crippen molar-refractivity contribution in [3.63, 3.8) is 0 Å². The molecule has 0 aliphatic carbocycles. The maximum atomic E-state index is 12.0. The third-order valence-corrected chi connectivity index (χ3v) is 3.83. The normalized spacial score (nSPS) is 10.2. The molecule has 0 heterocycles. The van der Waals surface area contributed by atoms with Crippen molar-refractivity contribution in [2.45, 2.75) is 19.8 Å². The van der Waals surface area contributed by atoms with Gasteiger partial charge in [-0.25, -0.2) is 0 Å². The highest BCUT2D eigenvalue weighted by Crippen LogP contribution is 2.14. The highest BCUT2D eigenvalue weighted by Gasteiger charge is 2.11. The number of rotatable bonds is 8. The molecule has 2 aromatic carbocycles. The Kier molecular flexibility index (Phi) is 6.91. The van der Waals surface area contributed by atoms with E-state index in [9.17, 15) is 19.5 Å². The predicted octanol–water partition coefficient (Wildman–Crippen LogP) is 2.21. The van der Waals surface area contributed by atoms with Crippen LogP contribution >= 0.6 is 0 Å². The highest BCUT2D eigenvalue weighted by atomic mass is 16.3. The Bertz CT molecular complexity index is 785. The molecule has 2 rings (SSSR count). The fraction of sp³-hybridized carbons (Fsp3) is 0.250. The average Bonchev–Trinajstić information content (AvgIpc) is 2.64. The minimum atomic E-state index is -0.410. The number of aromatic hydroxyl groups is 1. The second kappa shape index (κ2) is 9.36. The van der Waals surface area contributed by atoms with Crippen molar-refractivity contribution < 1.29 is 19.5 Å². The first kappa shape index (κ1) is 19.2. The van der Waals surface area contributed by atoms with Gasteiger partial charge in [-0.2, -0.15) is 0 Å². The summed E-state index contributed by atoms with van der Waals surface area (Å²) in [6, 6.07) is 13.5. The monoisotopic (exact) mass is 354 g/mol. The molecule has 2 amide bonds. The predicted molar refractivity (Wildman–Crippen MR) is 98.2 cm³/mol. The topological polar surface area (TPSA) is 95.5 Å². The summed E-state index contributed by atoms with van der Waals surface area (Å²) in [4.78, 5) is 35.7. The molecule has 6 heteroatoms. The third-order valence-electron chi connectivity index (χ3n) is 3.83. The summed E-state index contributed by atoms with van der Waals surface area (Å²) in [5.74, 6) is -0.828. The lowest BCUT2D eigenvalue weighted by Crippen LogP contribution is -2.34. The highest BCUT2D eigenvalue weighted by molar-refractivity contribution is 5.98. The van der Waals surface area contributed by atoms with E-state index in [0.717, 1.165) is 5.56 Å². The van der Waals surface area contributed by atoms with E-state index in [1.54, 1.807) is 24.3 Å². The van der Waals surface area contributed by atoms with Crippen LogP contribution < -0.4 is 10.6 Å². The number of amides is 2. The first-order chi connectivity index (χ1) is 12.5. The van der Waals surface area contributed by atoms with Crippen molar-refractivity contribution in [3.05, 3.63) is 65.2 Å².